The summed E-state index contributed by atoms with van der Waals surface area (Å²) in [4.78, 5) is 15.4. The summed E-state index contributed by atoms with van der Waals surface area (Å²) < 4.78 is 26.9. The number of nitrogens with zero attached hydrogens (tertiary/aromatic N) is 1. The van der Waals surface area contributed by atoms with Gasteiger partial charge in [0.2, 0.25) is 0 Å². The molecule has 8 heteroatoms. The molecule has 4 nitrogen and oxygen atoms in total. The van der Waals surface area contributed by atoms with Crippen molar-refractivity contribution in [2.75, 3.05) is 11.5 Å². The molecule has 0 atom stereocenters. The van der Waals surface area contributed by atoms with Crippen molar-refractivity contribution in [2.45, 2.75) is 27.4 Å². The van der Waals surface area contributed by atoms with Crippen LogP contribution >= 0.6 is 39.9 Å². The molecule has 1 aliphatic rings. The van der Waals surface area contributed by atoms with Gasteiger partial charge in [-0.05, 0) is 78.2 Å². The Morgan fingerprint density at radius 1 is 1.11 bits per heavy atom. The highest BCUT2D eigenvalue weighted by molar-refractivity contribution is 9.10. The van der Waals surface area contributed by atoms with Crippen molar-refractivity contribution in [1.82, 2.24) is 0 Å². The highest BCUT2D eigenvalue weighted by Crippen LogP contribution is 2.41. The Morgan fingerprint density at radius 3 is 2.60 bits per heavy atom. The third-order valence-corrected chi connectivity index (χ3v) is 7.24. The van der Waals surface area contributed by atoms with Crippen molar-refractivity contribution in [3.8, 4) is 11.5 Å². The highest BCUT2D eigenvalue weighted by Gasteiger charge is 2.34. The fourth-order valence-corrected chi connectivity index (χ4v) is 5.58. The largest absolute Gasteiger partial charge is 0.490 e. The average Bonchev–Trinajstić information content (AvgIpc) is 3.07. The number of aryl methyl sites for hydroxylation is 2. The quantitative estimate of drug-likeness (QED) is 0.216. The Labute approximate surface area is 222 Å². The number of ether oxygens (including phenoxy) is 2. The third kappa shape index (κ3) is 5.60. The first-order chi connectivity index (χ1) is 16.8. The third-order valence-electron chi connectivity index (χ3n) is 5.35. The minimum absolute atomic E-state index is 0.0548. The van der Waals surface area contributed by atoms with Crippen molar-refractivity contribution in [3.05, 3.63) is 92.0 Å². The second-order valence-electron chi connectivity index (χ2n) is 7.95. The molecule has 0 aromatic heterocycles. The minimum atomic E-state index is -0.330. The Hall–Kier alpha value is -2.68. The van der Waals surface area contributed by atoms with Crippen molar-refractivity contribution in [3.63, 3.8) is 0 Å². The van der Waals surface area contributed by atoms with E-state index in [4.69, 9.17) is 21.7 Å². The molecule has 0 radical (unpaired) electrons. The molecular weight excluding hydrogens is 549 g/mol. The number of anilines is 1. The molecular formula is C27H23BrFNO3S2. The van der Waals surface area contributed by atoms with Crippen LogP contribution in [0.15, 0.2) is 64.0 Å². The SMILES string of the molecule is CCOc1cc(/C=C2/SC(=S)N(c3ccc(C)cc3C)C2=O)cc(Br)c1OCc1ccccc1F. The number of halogens is 2. The standard InChI is InChI=1S/C27H23BrFNO3S2/c1-4-32-23-13-18(12-20(28)25(23)33-15-19-7-5-6-8-21(19)29)14-24-26(31)30(27(34)35-24)22-10-9-16(2)11-17(22)3/h5-14H,4,15H2,1-3H3/b24-14+. The second kappa shape index (κ2) is 10.9. The van der Waals surface area contributed by atoms with Gasteiger partial charge in [0.25, 0.3) is 5.91 Å². The van der Waals surface area contributed by atoms with Gasteiger partial charge >= 0.3 is 0 Å². The summed E-state index contributed by atoms with van der Waals surface area (Å²) in [5.74, 6) is 0.467. The molecule has 1 heterocycles. The van der Waals surface area contributed by atoms with Gasteiger partial charge in [-0.2, -0.15) is 0 Å². The van der Waals surface area contributed by atoms with Crippen molar-refractivity contribution < 1.29 is 18.7 Å². The molecule has 0 N–H and O–H groups in total. The maximum Gasteiger partial charge on any atom is 0.270 e. The lowest BCUT2D eigenvalue weighted by molar-refractivity contribution is -0.113. The molecule has 180 valence electrons. The minimum Gasteiger partial charge on any atom is -0.490 e. The number of thioether (sulfide) groups is 1. The summed E-state index contributed by atoms with van der Waals surface area (Å²) in [6.45, 7) is 6.32. The van der Waals surface area contributed by atoms with Crippen LogP contribution in [0.1, 0.15) is 29.2 Å². The Morgan fingerprint density at radius 2 is 1.89 bits per heavy atom. The topological polar surface area (TPSA) is 38.8 Å². The van der Waals surface area contributed by atoms with E-state index in [1.165, 1.54) is 17.8 Å². The molecule has 3 aromatic carbocycles. The van der Waals surface area contributed by atoms with Gasteiger partial charge in [0.05, 0.1) is 21.7 Å². The van der Waals surface area contributed by atoms with Gasteiger partial charge in [0.1, 0.15) is 12.4 Å². The smallest absolute Gasteiger partial charge is 0.270 e. The van der Waals surface area contributed by atoms with E-state index in [0.29, 0.717) is 37.4 Å². The maximum absolute atomic E-state index is 14.0. The van der Waals surface area contributed by atoms with Gasteiger partial charge in [-0.15, -0.1) is 0 Å². The lowest BCUT2D eigenvalue weighted by Gasteiger charge is -2.17. The first kappa shape index (κ1) is 25.4. The average molecular weight is 573 g/mol. The first-order valence-electron chi connectivity index (χ1n) is 11.0. The monoisotopic (exact) mass is 571 g/mol. The molecule has 0 bridgehead atoms. The molecule has 1 amide bonds. The molecule has 0 spiro atoms. The van der Waals surface area contributed by atoms with E-state index in [9.17, 15) is 9.18 Å². The lowest BCUT2D eigenvalue weighted by atomic mass is 10.1. The van der Waals surface area contributed by atoms with Gasteiger partial charge in [-0.25, -0.2) is 4.39 Å². The number of benzene rings is 3. The number of thiocarbonyl (C=S) groups is 1. The molecule has 35 heavy (non-hydrogen) atoms. The van der Waals surface area contributed by atoms with Crippen LogP contribution < -0.4 is 14.4 Å². The van der Waals surface area contributed by atoms with E-state index < -0.39 is 0 Å². The van der Waals surface area contributed by atoms with Crippen LogP contribution in [0.25, 0.3) is 6.08 Å². The van der Waals surface area contributed by atoms with E-state index in [1.807, 2.05) is 45.0 Å². The van der Waals surface area contributed by atoms with Crippen LogP contribution in [0, 0.1) is 19.7 Å². The van der Waals surface area contributed by atoms with Crippen LogP contribution in [0.3, 0.4) is 0 Å². The first-order valence-corrected chi connectivity index (χ1v) is 13.0. The number of rotatable bonds is 7. The van der Waals surface area contributed by atoms with Crippen molar-refractivity contribution >= 4 is 61.9 Å². The molecule has 0 unspecified atom stereocenters. The summed E-state index contributed by atoms with van der Waals surface area (Å²) >= 11 is 10.3. The fraction of sp³-hybridized carbons (Fsp3) is 0.185. The van der Waals surface area contributed by atoms with Crippen LogP contribution in [0.2, 0.25) is 0 Å². The van der Waals surface area contributed by atoms with Gasteiger partial charge in [0, 0.05) is 5.56 Å². The van der Waals surface area contributed by atoms with Gasteiger partial charge in [0.15, 0.2) is 15.8 Å². The number of carbonyl (C=O) groups excluding carboxylic acids is 1. The number of amides is 1. The van der Waals surface area contributed by atoms with E-state index in [2.05, 4.69) is 15.9 Å². The normalized spacial score (nSPS) is 14.7. The summed E-state index contributed by atoms with van der Waals surface area (Å²) in [7, 11) is 0. The second-order valence-corrected chi connectivity index (χ2v) is 10.5. The maximum atomic E-state index is 14.0. The van der Waals surface area contributed by atoms with Crippen LogP contribution in [-0.2, 0) is 11.4 Å². The van der Waals surface area contributed by atoms with E-state index in [-0.39, 0.29) is 18.3 Å². The van der Waals surface area contributed by atoms with Crippen molar-refractivity contribution in [2.24, 2.45) is 0 Å². The Balaban J connectivity index is 1.62. The van der Waals surface area contributed by atoms with Crippen molar-refractivity contribution in [1.29, 1.82) is 0 Å². The number of carbonyl (C=O) groups is 1. The van der Waals surface area contributed by atoms with E-state index >= 15 is 0 Å². The molecule has 3 aromatic rings. The fourth-order valence-electron chi connectivity index (χ4n) is 3.72. The molecule has 0 saturated carbocycles. The number of hydrogen-bond acceptors (Lipinski definition) is 5. The van der Waals surface area contributed by atoms with Gasteiger partial charge < -0.3 is 9.47 Å². The van der Waals surface area contributed by atoms with E-state index in [0.717, 1.165) is 22.4 Å². The van der Waals surface area contributed by atoms with E-state index in [1.54, 1.807) is 35.2 Å². The molecule has 0 aliphatic carbocycles. The summed E-state index contributed by atoms with van der Waals surface area (Å²) in [6.07, 6.45) is 1.79. The van der Waals surface area contributed by atoms with Gasteiger partial charge in [-0.3, -0.25) is 9.69 Å². The Kier molecular flexibility index (Phi) is 7.94. The summed E-state index contributed by atoms with van der Waals surface area (Å²) in [5, 5.41) is 0. The zero-order chi connectivity index (χ0) is 25.1. The highest BCUT2D eigenvalue weighted by atomic mass is 79.9. The zero-order valence-electron chi connectivity index (χ0n) is 19.4. The summed E-state index contributed by atoms with van der Waals surface area (Å²) in [6, 6.07) is 16.0. The van der Waals surface area contributed by atoms with Crippen LogP contribution in [0.5, 0.6) is 11.5 Å². The Bertz CT molecular complexity index is 1340. The molecule has 4 rings (SSSR count). The summed E-state index contributed by atoms with van der Waals surface area (Å²) in [5.41, 5.74) is 4.09. The predicted molar refractivity (Wildman–Crippen MR) is 148 cm³/mol. The predicted octanol–water partition coefficient (Wildman–Crippen LogP) is 7.59. The number of hydrogen-bond donors (Lipinski definition) is 0. The molecule has 1 fully saturated rings. The molecule has 1 saturated heterocycles. The van der Waals surface area contributed by atoms with Gasteiger partial charge in [-0.1, -0.05) is 59.9 Å². The van der Waals surface area contributed by atoms with Crippen LogP contribution in [-0.4, -0.2) is 16.8 Å². The lowest BCUT2D eigenvalue weighted by Crippen LogP contribution is -2.28. The van der Waals surface area contributed by atoms with Crippen LogP contribution in [0.4, 0.5) is 10.1 Å². The zero-order valence-corrected chi connectivity index (χ0v) is 22.7. The molecule has 1 aliphatic heterocycles.